The zero-order valence-corrected chi connectivity index (χ0v) is 10.7. The SMILES string of the molecule is O=S1(=O)C[C@@H](O)[C@H](NCCN2CCOCC2)C1. The summed E-state index contributed by atoms with van der Waals surface area (Å²) in [5, 5.41) is 12.7. The molecule has 2 saturated heterocycles. The van der Waals surface area contributed by atoms with Gasteiger partial charge < -0.3 is 15.2 Å². The van der Waals surface area contributed by atoms with Crippen LogP contribution in [0.2, 0.25) is 0 Å². The van der Waals surface area contributed by atoms with E-state index in [0.717, 1.165) is 32.8 Å². The topological polar surface area (TPSA) is 78.9 Å². The molecule has 0 aromatic heterocycles. The third kappa shape index (κ3) is 3.89. The van der Waals surface area contributed by atoms with E-state index in [1.54, 1.807) is 0 Å². The van der Waals surface area contributed by atoms with E-state index in [0.29, 0.717) is 6.54 Å². The fourth-order valence-electron chi connectivity index (χ4n) is 2.26. The Bertz CT molecular complexity index is 340. The Balaban J connectivity index is 1.68. The highest BCUT2D eigenvalue weighted by Gasteiger charge is 2.35. The minimum absolute atomic E-state index is 0.0529. The summed E-state index contributed by atoms with van der Waals surface area (Å²) < 4.78 is 27.8. The molecule has 17 heavy (non-hydrogen) atoms. The van der Waals surface area contributed by atoms with Crippen molar-refractivity contribution in [3.8, 4) is 0 Å². The van der Waals surface area contributed by atoms with Crippen LogP contribution in [0, 0.1) is 0 Å². The summed E-state index contributed by atoms with van der Waals surface area (Å²) in [5.41, 5.74) is 0. The maximum Gasteiger partial charge on any atom is 0.154 e. The first-order valence-corrected chi connectivity index (χ1v) is 7.81. The number of nitrogens with zero attached hydrogens (tertiary/aromatic N) is 1. The fourth-order valence-corrected chi connectivity index (χ4v) is 4.03. The summed E-state index contributed by atoms with van der Waals surface area (Å²) in [7, 11) is -3.05. The van der Waals surface area contributed by atoms with Crippen LogP contribution in [0.25, 0.3) is 0 Å². The number of aliphatic hydroxyl groups excluding tert-OH is 1. The molecular weight excluding hydrogens is 244 g/mol. The number of hydrogen-bond acceptors (Lipinski definition) is 6. The van der Waals surface area contributed by atoms with Crippen LogP contribution >= 0.6 is 0 Å². The molecule has 0 aromatic rings. The van der Waals surface area contributed by atoms with Crippen LogP contribution in [0.5, 0.6) is 0 Å². The molecule has 0 saturated carbocycles. The van der Waals surface area contributed by atoms with Crippen LogP contribution in [0.3, 0.4) is 0 Å². The predicted molar refractivity (Wildman–Crippen MR) is 63.7 cm³/mol. The molecule has 7 heteroatoms. The molecule has 2 rings (SSSR count). The van der Waals surface area contributed by atoms with E-state index in [-0.39, 0.29) is 17.5 Å². The minimum Gasteiger partial charge on any atom is -0.390 e. The van der Waals surface area contributed by atoms with Crippen molar-refractivity contribution >= 4 is 9.84 Å². The van der Waals surface area contributed by atoms with Crippen molar-refractivity contribution in [2.75, 3.05) is 50.9 Å². The van der Waals surface area contributed by atoms with Gasteiger partial charge in [0.25, 0.3) is 0 Å². The number of morpholine rings is 1. The largest absolute Gasteiger partial charge is 0.390 e. The molecule has 0 amide bonds. The van der Waals surface area contributed by atoms with Gasteiger partial charge in [0.15, 0.2) is 9.84 Å². The molecule has 0 aromatic carbocycles. The molecule has 2 aliphatic heterocycles. The highest BCUT2D eigenvalue weighted by Crippen LogP contribution is 2.12. The van der Waals surface area contributed by atoms with E-state index >= 15 is 0 Å². The maximum absolute atomic E-state index is 11.3. The summed E-state index contributed by atoms with van der Waals surface area (Å²) in [6.45, 7) is 4.95. The maximum atomic E-state index is 11.3. The van der Waals surface area contributed by atoms with Crippen LogP contribution in [-0.2, 0) is 14.6 Å². The molecule has 100 valence electrons. The lowest BCUT2D eigenvalue weighted by Gasteiger charge is -2.27. The Morgan fingerprint density at radius 2 is 2.00 bits per heavy atom. The summed E-state index contributed by atoms with van der Waals surface area (Å²) in [5.74, 6) is -0.0561. The Morgan fingerprint density at radius 1 is 1.29 bits per heavy atom. The first-order valence-electron chi connectivity index (χ1n) is 5.99. The van der Waals surface area contributed by atoms with Crippen LogP contribution in [0.1, 0.15) is 0 Å². The predicted octanol–water partition coefficient (Wildman–Crippen LogP) is -1.93. The third-order valence-electron chi connectivity index (χ3n) is 3.26. The van der Waals surface area contributed by atoms with Crippen molar-refractivity contribution in [3.05, 3.63) is 0 Å². The van der Waals surface area contributed by atoms with E-state index in [9.17, 15) is 13.5 Å². The summed E-state index contributed by atoms with van der Waals surface area (Å²) in [6.07, 6.45) is -0.760. The molecular formula is C10H20N2O4S. The van der Waals surface area contributed by atoms with Gasteiger partial charge in [-0.05, 0) is 0 Å². The first kappa shape index (κ1) is 13.2. The molecule has 2 fully saturated rings. The number of sulfone groups is 1. The second-order valence-corrected chi connectivity index (χ2v) is 6.81. The van der Waals surface area contributed by atoms with Gasteiger partial charge in [0.05, 0.1) is 30.8 Å². The van der Waals surface area contributed by atoms with E-state index in [2.05, 4.69) is 10.2 Å². The van der Waals surface area contributed by atoms with Crippen LogP contribution < -0.4 is 5.32 Å². The van der Waals surface area contributed by atoms with Gasteiger partial charge in [0.1, 0.15) is 0 Å². The first-order chi connectivity index (χ1) is 8.07. The second-order valence-electron chi connectivity index (χ2n) is 4.66. The van der Waals surface area contributed by atoms with Crippen LogP contribution in [-0.4, -0.2) is 81.5 Å². The van der Waals surface area contributed by atoms with Gasteiger partial charge in [-0.3, -0.25) is 4.90 Å². The Labute approximate surface area is 102 Å². The quantitative estimate of drug-likeness (QED) is 0.615. The molecule has 6 nitrogen and oxygen atoms in total. The van der Waals surface area contributed by atoms with E-state index < -0.39 is 15.9 Å². The van der Waals surface area contributed by atoms with Crippen molar-refractivity contribution in [2.24, 2.45) is 0 Å². The van der Waals surface area contributed by atoms with Gasteiger partial charge >= 0.3 is 0 Å². The summed E-state index contributed by atoms with van der Waals surface area (Å²) in [6, 6.07) is -0.305. The van der Waals surface area contributed by atoms with Gasteiger partial charge in [-0.25, -0.2) is 8.42 Å². The molecule has 0 bridgehead atoms. The molecule has 2 heterocycles. The molecule has 2 N–H and O–H groups in total. The number of ether oxygens (including phenoxy) is 1. The Morgan fingerprint density at radius 3 is 2.59 bits per heavy atom. The zero-order valence-electron chi connectivity index (χ0n) is 9.84. The van der Waals surface area contributed by atoms with Gasteiger partial charge in [0.2, 0.25) is 0 Å². The summed E-state index contributed by atoms with van der Waals surface area (Å²) in [4.78, 5) is 2.27. The van der Waals surface area contributed by atoms with E-state index in [1.165, 1.54) is 0 Å². The second kappa shape index (κ2) is 5.62. The van der Waals surface area contributed by atoms with Crippen molar-refractivity contribution in [1.82, 2.24) is 10.2 Å². The fraction of sp³-hybridized carbons (Fsp3) is 1.00. The molecule has 2 atom stereocenters. The van der Waals surface area contributed by atoms with Gasteiger partial charge in [-0.15, -0.1) is 0 Å². The Hall–Kier alpha value is -0.210. The van der Waals surface area contributed by atoms with Gasteiger partial charge in [-0.1, -0.05) is 0 Å². The molecule has 0 aliphatic carbocycles. The van der Waals surface area contributed by atoms with Crippen molar-refractivity contribution in [2.45, 2.75) is 12.1 Å². The number of rotatable bonds is 4. The molecule has 0 spiro atoms. The number of nitrogens with one attached hydrogen (secondary N) is 1. The molecule has 0 unspecified atom stereocenters. The zero-order chi connectivity index (χ0) is 12.3. The minimum atomic E-state index is -3.05. The van der Waals surface area contributed by atoms with E-state index in [1.807, 2.05) is 0 Å². The smallest absolute Gasteiger partial charge is 0.154 e. The highest BCUT2D eigenvalue weighted by atomic mass is 32.2. The summed E-state index contributed by atoms with van der Waals surface area (Å²) >= 11 is 0. The number of hydrogen-bond donors (Lipinski definition) is 2. The standard InChI is InChI=1S/C10H20N2O4S/c13-10-8-17(14,15)7-9(10)11-1-2-12-3-5-16-6-4-12/h9-11,13H,1-8H2/t9-,10-/m1/s1. The highest BCUT2D eigenvalue weighted by molar-refractivity contribution is 7.91. The lowest BCUT2D eigenvalue weighted by atomic mass is 10.2. The molecule has 0 radical (unpaired) electrons. The van der Waals surface area contributed by atoms with Gasteiger partial charge in [-0.2, -0.15) is 0 Å². The van der Waals surface area contributed by atoms with Crippen LogP contribution in [0.4, 0.5) is 0 Å². The number of aliphatic hydroxyl groups is 1. The monoisotopic (exact) mass is 264 g/mol. The van der Waals surface area contributed by atoms with Gasteiger partial charge in [0, 0.05) is 32.2 Å². The van der Waals surface area contributed by atoms with Crippen molar-refractivity contribution in [1.29, 1.82) is 0 Å². The van der Waals surface area contributed by atoms with Crippen molar-refractivity contribution in [3.63, 3.8) is 0 Å². The Kier molecular flexibility index (Phi) is 4.37. The third-order valence-corrected chi connectivity index (χ3v) is 4.98. The lowest BCUT2D eigenvalue weighted by Crippen LogP contribution is -2.45. The van der Waals surface area contributed by atoms with E-state index in [4.69, 9.17) is 4.74 Å². The normalized spacial score (nSPS) is 33.9. The van der Waals surface area contributed by atoms with Crippen molar-refractivity contribution < 1.29 is 18.3 Å². The average molecular weight is 264 g/mol. The molecule has 2 aliphatic rings. The van der Waals surface area contributed by atoms with Crippen LogP contribution in [0.15, 0.2) is 0 Å². The average Bonchev–Trinajstić information content (AvgIpc) is 2.53. The lowest BCUT2D eigenvalue weighted by molar-refractivity contribution is 0.0375.